The molecule has 1 aromatic heterocycles. The van der Waals surface area contributed by atoms with Crippen molar-refractivity contribution in [2.24, 2.45) is 0 Å². The molecule has 3 aromatic rings. The first-order chi connectivity index (χ1) is 15.5. The van der Waals surface area contributed by atoms with Gasteiger partial charge in [0.05, 0.1) is 4.90 Å². The minimum Gasteiger partial charge on any atom is -0.354 e. The second-order valence-corrected chi connectivity index (χ2v) is 9.06. The SMILES string of the molecule is CC(=O)Nc1ccc(NS(=O)(=O)c2cc(/C=C\c3onc(C)c3NC(C)=O)ccc2C)cc1. The van der Waals surface area contributed by atoms with Crippen LogP contribution in [0.25, 0.3) is 12.2 Å². The summed E-state index contributed by atoms with van der Waals surface area (Å²) in [6, 6.07) is 11.4. The van der Waals surface area contributed by atoms with Crippen LogP contribution in [0.5, 0.6) is 0 Å². The zero-order valence-corrected chi connectivity index (χ0v) is 19.4. The summed E-state index contributed by atoms with van der Waals surface area (Å²) < 4.78 is 33.8. The first-order valence-electron chi connectivity index (χ1n) is 9.98. The summed E-state index contributed by atoms with van der Waals surface area (Å²) in [6.45, 7) is 6.19. The fraction of sp³-hybridized carbons (Fsp3) is 0.174. The van der Waals surface area contributed by atoms with E-state index in [4.69, 9.17) is 4.52 Å². The monoisotopic (exact) mass is 468 g/mol. The Balaban J connectivity index is 1.84. The number of amides is 2. The van der Waals surface area contributed by atoms with Gasteiger partial charge in [-0.2, -0.15) is 0 Å². The van der Waals surface area contributed by atoms with Gasteiger partial charge < -0.3 is 15.2 Å². The number of hydrogen-bond acceptors (Lipinski definition) is 6. The molecule has 3 rings (SSSR count). The van der Waals surface area contributed by atoms with Crippen molar-refractivity contribution in [2.45, 2.75) is 32.6 Å². The molecule has 172 valence electrons. The lowest BCUT2D eigenvalue weighted by Gasteiger charge is -2.12. The van der Waals surface area contributed by atoms with E-state index in [1.807, 2.05) is 0 Å². The van der Waals surface area contributed by atoms with Gasteiger partial charge in [-0.25, -0.2) is 8.42 Å². The molecule has 0 spiro atoms. The number of nitrogens with zero attached hydrogens (tertiary/aromatic N) is 1. The fourth-order valence-electron chi connectivity index (χ4n) is 3.05. The van der Waals surface area contributed by atoms with Gasteiger partial charge in [0.25, 0.3) is 10.0 Å². The minimum atomic E-state index is -3.87. The van der Waals surface area contributed by atoms with Crippen LogP contribution < -0.4 is 15.4 Å². The Morgan fingerprint density at radius 2 is 1.55 bits per heavy atom. The van der Waals surface area contributed by atoms with Crippen LogP contribution in [-0.4, -0.2) is 25.4 Å². The molecule has 1 heterocycles. The van der Waals surface area contributed by atoms with E-state index in [0.29, 0.717) is 39.6 Å². The highest BCUT2D eigenvalue weighted by molar-refractivity contribution is 7.92. The van der Waals surface area contributed by atoms with Gasteiger partial charge in [0.2, 0.25) is 11.8 Å². The zero-order chi connectivity index (χ0) is 24.2. The van der Waals surface area contributed by atoms with E-state index in [2.05, 4.69) is 20.5 Å². The number of aryl methyl sites for hydroxylation is 2. The van der Waals surface area contributed by atoms with Crippen LogP contribution in [0.3, 0.4) is 0 Å². The van der Waals surface area contributed by atoms with Gasteiger partial charge in [-0.1, -0.05) is 23.4 Å². The summed E-state index contributed by atoms with van der Waals surface area (Å²) in [5, 5.41) is 9.15. The van der Waals surface area contributed by atoms with Gasteiger partial charge in [-0.15, -0.1) is 0 Å². The number of hydrogen-bond donors (Lipinski definition) is 3. The summed E-state index contributed by atoms with van der Waals surface area (Å²) in [5.41, 5.74) is 3.11. The van der Waals surface area contributed by atoms with Crippen molar-refractivity contribution in [1.82, 2.24) is 5.16 Å². The van der Waals surface area contributed by atoms with Gasteiger partial charge in [0, 0.05) is 25.2 Å². The highest BCUT2D eigenvalue weighted by Gasteiger charge is 2.18. The highest BCUT2D eigenvalue weighted by atomic mass is 32.2. The lowest BCUT2D eigenvalue weighted by Crippen LogP contribution is -2.14. The topological polar surface area (TPSA) is 130 Å². The van der Waals surface area contributed by atoms with Gasteiger partial charge >= 0.3 is 0 Å². The number of aromatic nitrogens is 1. The van der Waals surface area contributed by atoms with E-state index in [-0.39, 0.29) is 16.7 Å². The molecule has 0 unspecified atom stereocenters. The summed E-state index contributed by atoms with van der Waals surface area (Å²) in [5.74, 6) is -0.116. The molecule has 10 heteroatoms. The van der Waals surface area contributed by atoms with Gasteiger partial charge in [0.15, 0.2) is 5.76 Å². The molecule has 0 atom stereocenters. The van der Waals surface area contributed by atoms with E-state index in [0.717, 1.165) is 0 Å². The normalized spacial score (nSPS) is 11.4. The average Bonchev–Trinajstić information content (AvgIpc) is 3.07. The van der Waals surface area contributed by atoms with Crippen molar-refractivity contribution in [3.05, 3.63) is 65.0 Å². The lowest BCUT2D eigenvalue weighted by atomic mass is 10.1. The average molecular weight is 469 g/mol. The summed E-state index contributed by atoms with van der Waals surface area (Å²) in [6.07, 6.45) is 3.28. The van der Waals surface area contributed by atoms with Crippen LogP contribution >= 0.6 is 0 Å². The number of sulfonamides is 1. The molecule has 0 saturated heterocycles. The molecule has 0 radical (unpaired) electrons. The fourth-order valence-corrected chi connectivity index (χ4v) is 4.39. The molecular formula is C23H24N4O5S. The van der Waals surface area contributed by atoms with Crippen molar-refractivity contribution in [1.29, 1.82) is 0 Å². The second-order valence-electron chi connectivity index (χ2n) is 7.41. The van der Waals surface area contributed by atoms with Crippen molar-refractivity contribution in [3.63, 3.8) is 0 Å². The van der Waals surface area contributed by atoms with Gasteiger partial charge in [0.1, 0.15) is 11.4 Å². The third kappa shape index (κ3) is 6.07. The molecule has 0 aliphatic carbocycles. The molecule has 0 aliphatic heterocycles. The Hall–Kier alpha value is -3.92. The molecule has 3 N–H and O–H groups in total. The Bertz CT molecular complexity index is 1330. The highest BCUT2D eigenvalue weighted by Crippen LogP contribution is 2.25. The zero-order valence-electron chi connectivity index (χ0n) is 18.6. The number of rotatable bonds is 7. The maximum absolute atomic E-state index is 13.0. The van der Waals surface area contributed by atoms with Crippen LogP contribution in [0.1, 0.15) is 36.4 Å². The predicted octanol–water partition coefficient (Wildman–Crippen LogP) is 4.18. The van der Waals surface area contributed by atoms with E-state index >= 15 is 0 Å². The smallest absolute Gasteiger partial charge is 0.262 e. The molecule has 9 nitrogen and oxygen atoms in total. The van der Waals surface area contributed by atoms with Crippen LogP contribution in [0.4, 0.5) is 17.1 Å². The van der Waals surface area contributed by atoms with Crippen molar-refractivity contribution in [3.8, 4) is 0 Å². The quantitative estimate of drug-likeness (QED) is 0.477. The number of carbonyl (C=O) groups excluding carboxylic acids is 2. The van der Waals surface area contributed by atoms with Crippen molar-refractivity contribution >= 4 is 51.1 Å². The molecule has 0 aliphatic rings. The Kier molecular flexibility index (Phi) is 6.98. The number of benzene rings is 2. The molecular weight excluding hydrogens is 444 g/mol. The van der Waals surface area contributed by atoms with Crippen LogP contribution in [-0.2, 0) is 19.6 Å². The van der Waals surface area contributed by atoms with E-state index in [9.17, 15) is 18.0 Å². The molecule has 0 bridgehead atoms. The molecule has 2 aromatic carbocycles. The lowest BCUT2D eigenvalue weighted by molar-refractivity contribution is -0.115. The van der Waals surface area contributed by atoms with Crippen LogP contribution in [0.15, 0.2) is 51.9 Å². The Morgan fingerprint density at radius 3 is 2.18 bits per heavy atom. The molecule has 0 saturated carbocycles. The number of carbonyl (C=O) groups is 2. The molecule has 33 heavy (non-hydrogen) atoms. The maximum atomic E-state index is 13.0. The summed E-state index contributed by atoms with van der Waals surface area (Å²) >= 11 is 0. The van der Waals surface area contributed by atoms with Gasteiger partial charge in [-0.05, 0) is 61.4 Å². The number of anilines is 3. The van der Waals surface area contributed by atoms with E-state index in [1.54, 1.807) is 68.5 Å². The third-order valence-electron chi connectivity index (χ3n) is 4.58. The predicted molar refractivity (Wildman–Crippen MR) is 127 cm³/mol. The second kappa shape index (κ2) is 9.70. The van der Waals surface area contributed by atoms with E-state index in [1.165, 1.54) is 13.8 Å². The van der Waals surface area contributed by atoms with Crippen LogP contribution in [0, 0.1) is 13.8 Å². The summed E-state index contributed by atoms with van der Waals surface area (Å²) in [4.78, 5) is 22.7. The van der Waals surface area contributed by atoms with Gasteiger partial charge in [-0.3, -0.25) is 14.3 Å². The third-order valence-corrected chi connectivity index (χ3v) is 6.10. The number of nitrogens with one attached hydrogen (secondary N) is 3. The first-order valence-corrected chi connectivity index (χ1v) is 11.5. The Morgan fingerprint density at radius 1 is 0.909 bits per heavy atom. The van der Waals surface area contributed by atoms with Crippen molar-refractivity contribution in [2.75, 3.05) is 15.4 Å². The van der Waals surface area contributed by atoms with Crippen molar-refractivity contribution < 1.29 is 22.5 Å². The maximum Gasteiger partial charge on any atom is 0.262 e. The van der Waals surface area contributed by atoms with Crippen LogP contribution in [0.2, 0.25) is 0 Å². The molecule has 0 fully saturated rings. The largest absolute Gasteiger partial charge is 0.354 e. The molecule has 2 amide bonds. The standard InChI is InChI=1S/C23H24N4O5S/c1-14-5-6-18(7-12-21-23(25-17(4)29)15(2)26-32-21)13-22(14)33(30,31)27-20-10-8-19(9-11-20)24-16(3)28/h5-13,27H,1-4H3,(H,24,28)(H,25,29)/b12-7-. The van der Waals surface area contributed by atoms with E-state index < -0.39 is 10.0 Å². The summed E-state index contributed by atoms with van der Waals surface area (Å²) in [7, 11) is -3.87. The Labute approximate surface area is 191 Å². The first kappa shape index (κ1) is 23.7. The minimum absolute atomic E-state index is 0.117.